The molecule has 0 aliphatic carbocycles. The van der Waals surface area contributed by atoms with E-state index in [0.717, 1.165) is 0 Å². The van der Waals surface area contributed by atoms with Crippen molar-refractivity contribution >= 4 is 34.8 Å². The van der Waals surface area contributed by atoms with Gasteiger partial charge in [0.05, 0.1) is 10.0 Å². The number of hydrogen-bond acceptors (Lipinski definition) is 1. The van der Waals surface area contributed by atoms with E-state index >= 15 is 0 Å². The maximum absolute atomic E-state index is 10.6. The summed E-state index contributed by atoms with van der Waals surface area (Å²) in [4.78, 5) is 10.6. The SMILES string of the molecule is CC.CC.CC(=O)Nc1ccc(Cl)c(Cl)c1. The van der Waals surface area contributed by atoms with Crippen molar-refractivity contribution in [2.75, 3.05) is 5.32 Å². The predicted molar refractivity (Wildman–Crippen MR) is 73.5 cm³/mol. The lowest BCUT2D eigenvalue weighted by molar-refractivity contribution is -0.114. The molecule has 1 amide bonds. The van der Waals surface area contributed by atoms with Gasteiger partial charge in [-0.1, -0.05) is 50.9 Å². The molecule has 0 saturated carbocycles. The summed E-state index contributed by atoms with van der Waals surface area (Å²) < 4.78 is 0. The molecular formula is C12H19Cl2NO. The lowest BCUT2D eigenvalue weighted by Gasteiger charge is -2.02. The van der Waals surface area contributed by atoms with Crippen LogP contribution >= 0.6 is 23.2 Å². The van der Waals surface area contributed by atoms with E-state index in [-0.39, 0.29) is 5.91 Å². The first kappa shape index (κ1) is 17.7. The van der Waals surface area contributed by atoms with Crippen LogP contribution in [-0.4, -0.2) is 5.91 Å². The highest BCUT2D eigenvalue weighted by Gasteiger charge is 1.99. The number of nitrogens with one attached hydrogen (secondary N) is 1. The lowest BCUT2D eigenvalue weighted by atomic mass is 10.3. The number of carbonyl (C=O) groups is 1. The Morgan fingerprint density at radius 2 is 1.56 bits per heavy atom. The summed E-state index contributed by atoms with van der Waals surface area (Å²) in [6.07, 6.45) is 0. The summed E-state index contributed by atoms with van der Waals surface area (Å²) in [6, 6.07) is 4.93. The van der Waals surface area contributed by atoms with Gasteiger partial charge in [-0.3, -0.25) is 4.79 Å². The molecule has 0 aliphatic heterocycles. The Morgan fingerprint density at radius 1 is 1.06 bits per heavy atom. The topological polar surface area (TPSA) is 29.1 Å². The van der Waals surface area contributed by atoms with Gasteiger partial charge in [-0.25, -0.2) is 0 Å². The third-order valence-electron chi connectivity index (χ3n) is 1.24. The normalized spacial score (nSPS) is 7.94. The Morgan fingerprint density at radius 3 is 1.94 bits per heavy atom. The van der Waals surface area contributed by atoms with Crippen LogP contribution in [0.5, 0.6) is 0 Å². The molecule has 0 heterocycles. The van der Waals surface area contributed by atoms with Crippen molar-refractivity contribution in [3.8, 4) is 0 Å². The molecule has 0 fully saturated rings. The fraction of sp³-hybridized carbons (Fsp3) is 0.417. The Kier molecular flexibility index (Phi) is 11.9. The Labute approximate surface area is 108 Å². The van der Waals surface area contributed by atoms with Crippen LogP contribution < -0.4 is 5.32 Å². The fourth-order valence-electron chi connectivity index (χ4n) is 0.777. The molecule has 0 radical (unpaired) electrons. The van der Waals surface area contributed by atoms with Gasteiger partial charge < -0.3 is 5.32 Å². The summed E-state index contributed by atoms with van der Waals surface area (Å²) in [5.41, 5.74) is 0.650. The van der Waals surface area contributed by atoms with E-state index in [0.29, 0.717) is 15.7 Å². The molecule has 0 unspecified atom stereocenters. The van der Waals surface area contributed by atoms with Crippen LogP contribution in [0.2, 0.25) is 10.0 Å². The average molecular weight is 264 g/mol. The maximum Gasteiger partial charge on any atom is 0.221 e. The third-order valence-corrected chi connectivity index (χ3v) is 1.98. The van der Waals surface area contributed by atoms with Gasteiger partial charge >= 0.3 is 0 Å². The zero-order valence-electron chi connectivity index (χ0n) is 10.4. The molecule has 1 rings (SSSR count). The van der Waals surface area contributed by atoms with Crippen LogP contribution in [0, 0.1) is 0 Å². The van der Waals surface area contributed by atoms with Gasteiger partial charge in [0, 0.05) is 12.6 Å². The molecule has 92 valence electrons. The van der Waals surface area contributed by atoms with E-state index in [2.05, 4.69) is 5.32 Å². The standard InChI is InChI=1S/C8H7Cl2NO.2C2H6/c1-5(12)11-6-2-3-7(9)8(10)4-6;2*1-2/h2-4H,1H3,(H,11,12);2*1-2H3. The van der Waals surface area contributed by atoms with Gasteiger partial charge in [0.25, 0.3) is 0 Å². The molecular weight excluding hydrogens is 245 g/mol. The monoisotopic (exact) mass is 263 g/mol. The number of rotatable bonds is 1. The number of anilines is 1. The zero-order valence-corrected chi connectivity index (χ0v) is 11.9. The van der Waals surface area contributed by atoms with Gasteiger partial charge in [0.2, 0.25) is 5.91 Å². The molecule has 2 nitrogen and oxygen atoms in total. The number of halogens is 2. The predicted octanol–water partition coefficient (Wildman–Crippen LogP) is 5.00. The van der Waals surface area contributed by atoms with Crippen molar-refractivity contribution in [1.82, 2.24) is 0 Å². The first-order valence-electron chi connectivity index (χ1n) is 5.32. The Hall–Kier alpha value is -0.730. The molecule has 1 aromatic rings. The number of benzene rings is 1. The molecule has 0 aromatic heterocycles. The molecule has 0 spiro atoms. The first-order chi connectivity index (χ1) is 7.59. The number of hydrogen-bond donors (Lipinski definition) is 1. The maximum atomic E-state index is 10.6. The minimum atomic E-state index is -0.131. The van der Waals surface area contributed by atoms with Crippen LogP contribution in [-0.2, 0) is 4.79 Å². The van der Waals surface area contributed by atoms with E-state index in [1.54, 1.807) is 18.2 Å². The molecule has 1 N–H and O–H groups in total. The van der Waals surface area contributed by atoms with E-state index < -0.39 is 0 Å². The summed E-state index contributed by atoms with van der Waals surface area (Å²) in [5.74, 6) is -0.131. The van der Waals surface area contributed by atoms with Gasteiger partial charge in [-0.2, -0.15) is 0 Å². The Bertz CT molecular complexity index is 314. The van der Waals surface area contributed by atoms with E-state index in [9.17, 15) is 4.79 Å². The van der Waals surface area contributed by atoms with Crippen LogP contribution in [0.3, 0.4) is 0 Å². The quantitative estimate of drug-likeness (QED) is 0.759. The van der Waals surface area contributed by atoms with Gasteiger partial charge in [0.1, 0.15) is 0 Å². The van der Waals surface area contributed by atoms with Crippen molar-refractivity contribution in [2.24, 2.45) is 0 Å². The zero-order chi connectivity index (χ0) is 13.1. The highest BCUT2D eigenvalue weighted by atomic mass is 35.5. The largest absolute Gasteiger partial charge is 0.326 e. The molecule has 0 bridgehead atoms. The van der Waals surface area contributed by atoms with Gasteiger partial charge in [-0.05, 0) is 18.2 Å². The number of carbonyl (C=O) groups excluding carboxylic acids is 1. The second-order valence-corrected chi connectivity index (χ2v) is 3.12. The summed E-state index contributed by atoms with van der Waals surface area (Å²) in [5, 5.41) is 3.50. The van der Waals surface area contributed by atoms with Crippen molar-refractivity contribution in [3.63, 3.8) is 0 Å². The molecule has 0 saturated heterocycles. The smallest absolute Gasteiger partial charge is 0.221 e. The van der Waals surface area contributed by atoms with Crippen molar-refractivity contribution in [1.29, 1.82) is 0 Å². The first-order valence-corrected chi connectivity index (χ1v) is 6.08. The van der Waals surface area contributed by atoms with Crippen molar-refractivity contribution in [3.05, 3.63) is 28.2 Å². The van der Waals surface area contributed by atoms with Gasteiger partial charge in [0.15, 0.2) is 0 Å². The Balaban J connectivity index is 0. The highest BCUT2D eigenvalue weighted by Crippen LogP contribution is 2.24. The summed E-state index contributed by atoms with van der Waals surface area (Å²) in [6.45, 7) is 9.43. The molecule has 0 aliphatic rings. The van der Waals surface area contributed by atoms with Crippen molar-refractivity contribution in [2.45, 2.75) is 34.6 Å². The fourth-order valence-corrected chi connectivity index (χ4v) is 1.08. The average Bonchev–Trinajstić information content (AvgIpc) is 2.28. The molecule has 1 aromatic carbocycles. The van der Waals surface area contributed by atoms with Crippen LogP contribution in [0.15, 0.2) is 18.2 Å². The van der Waals surface area contributed by atoms with E-state index in [4.69, 9.17) is 23.2 Å². The minimum Gasteiger partial charge on any atom is -0.326 e. The molecule has 16 heavy (non-hydrogen) atoms. The van der Waals surface area contributed by atoms with Crippen LogP contribution in [0.4, 0.5) is 5.69 Å². The van der Waals surface area contributed by atoms with Crippen LogP contribution in [0.25, 0.3) is 0 Å². The summed E-state index contributed by atoms with van der Waals surface area (Å²) in [7, 11) is 0. The molecule has 0 atom stereocenters. The second kappa shape index (κ2) is 10.8. The highest BCUT2D eigenvalue weighted by molar-refractivity contribution is 6.42. The third kappa shape index (κ3) is 7.55. The minimum absolute atomic E-state index is 0.131. The van der Waals surface area contributed by atoms with Gasteiger partial charge in [-0.15, -0.1) is 0 Å². The van der Waals surface area contributed by atoms with Crippen LogP contribution in [0.1, 0.15) is 34.6 Å². The summed E-state index contributed by atoms with van der Waals surface area (Å²) >= 11 is 11.4. The second-order valence-electron chi connectivity index (χ2n) is 2.31. The number of amides is 1. The van der Waals surface area contributed by atoms with E-state index in [1.165, 1.54) is 6.92 Å². The van der Waals surface area contributed by atoms with Crippen molar-refractivity contribution < 1.29 is 4.79 Å². The lowest BCUT2D eigenvalue weighted by Crippen LogP contribution is -2.05. The van der Waals surface area contributed by atoms with E-state index in [1.807, 2.05) is 27.7 Å². The molecule has 4 heteroatoms.